The predicted octanol–water partition coefficient (Wildman–Crippen LogP) is 3.26. The number of halogens is 1. The van der Waals surface area contributed by atoms with E-state index in [9.17, 15) is 9.90 Å². The molecule has 0 saturated heterocycles. The molecule has 3 nitrogen and oxygen atoms in total. The van der Waals surface area contributed by atoms with Crippen LogP contribution in [0.3, 0.4) is 0 Å². The van der Waals surface area contributed by atoms with Crippen molar-refractivity contribution in [3.8, 4) is 0 Å². The Morgan fingerprint density at radius 1 is 1.15 bits per heavy atom. The fraction of sp³-hybridized carbons (Fsp3) is 0.188. The highest BCUT2D eigenvalue weighted by Crippen LogP contribution is 2.24. The van der Waals surface area contributed by atoms with Crippen LogP contribution in [0, 0.1) is 0 Å². The van der Waals surface area contributed by atoms with Crippen LogP contribution in [0.25, 0.3) is 0 Å². The second kappa shape index (κ2) is 7.22. The van der Waals surface area contributed by atoms with Crippen molar-refractivity contribution in [1.82, 2.24) is 0 Å². The Morgan fingerprint density at radius 2 is 1.90 bits per heavy atom. The van der Waals surface area contributed by atoms with Gasteiger partial charge in [0.05, 0.1) is 6.61 Å². The van der Waals surface area contributed by atoms with Gasteiger partial charge in [0, 0.05) is 28.8 Å². The molecule has 0 bridgehead atoms. The standard InChI is InChI=1S/C16H16BrNO2/c17-15-6-7-16(14(10-15)12-20)18(8-9-19)11-13-4-2-1-3-5-13/h1-7,10,12,19H,8-9,11H2. The topological polar surface area (TPSA) is 40.5 Å². The molecule has 20 heavy (non-hydrogen) atoms. The molecule has 0 fully saturated rings. The summed E-state index contributed by atoms with van der Waals surface area (Å²) in [6.45, 7) is 1.18. The average molecular weight is 334 g/mol. The molecule has 0 saturated carbocycles. The molecule has 2 aromatic carbocycles. The van der Waals surface area contributed by atoms with Crippen molar-refractivity contribution in [3.63, 3.8) is 0 Å². The number of nitrogens with zero attached hydrogens (tertiary/aromatic N) is 1. The zero-order valence-electron chi connectivity index (χ0n) is 11.0. The Labute approximate surface area is 127 Å². The number of anilines is 1. The third-order valence-corrected chi connectivity index (χ3v) is 3.54. The van der Waals surface area contributed by atoms with Crippen molar-refractivity contribution in [2.45, 2.75) is 6.54 Å². The van der Waals surface area contributed by atoms with E-state index in [2.05, 4.69) is 15.9 Å². The van der Waals surface area contributed by atoms with Gasteiger partial charge in [0.15, 0.2) is 6.29 Å². The van der Waals surface area contributed by atoms with Crippen molar-refractivity contribution in [2.24, 2.45) is 0 Å². The highest BCUT2D eigenvalue weighted by molar-refractivity contribution is 9.10. The first kappa shape index (κ1) is 14.8. The van der Waals surface area contributed by atoms with E-state index in [0.717, 1.165) is 22.0 Å². The van der Waals surface area contributed by atoms with E-state index in [-0.39, 0.29) is 6.61 Å². The van der Waals surface area contributed by atoms with E-state index in [1.807, 2.05) is 47.4 Å². The van der Waals surface area contributed by atoms with Gasteiger partial charge in [-0.15, -0.1) is 0 Å². The Kier molecular flexibility index (Phi) is 5.32. The summed E-state index contributed by atoms with van der Waals surface area (Å²) in [6, 6.07) is 15.6. The van der Waals surface area contributed by atoms with Gasteiger partial charge in [-0.05, 0) is 23.8 Å². The lowest BCUT2D eigenvalue weighted by Gasteiger charge is -2.25. The van der Waals surface area contributed by atoms with Gasteiger partial charge >= 0.3 is 0 Å². The average Bonchev–Trinajstić information content (AvgIpc) is 2.48. The van der Waals surface area contributed by atoms with Gasteiger partial charge in [0.2, 0.25) is 0 Å². The molecular weight excluding hydrogens is 318 g/mol. The molecule has 1 N–H and O–H groups in total. The minimum atomic E-state index is 0.0429. The van der Waals surface area contributed by atoms with Crippen LogP contribution >= 0.6 is 15.9 Å². The Bertz CT molecular complexity index is 572. The third-order valence-electron chi connectivity index (χ3n) is 3.04. The number of carbonyl (C=O) groups excluding carboxylic acids is 1. The van der Waals surface area contributed by atoms with E-state index < -0.39 is 0 Å². The fourth-order valence-electron chi connectivity index (χ4n) is 2.12. The highest BCUT2D eigenvalue weighted by atomic mass is 79.9. The maximum Gasteiger partial charge on any atom is 0.152 e. The lowest BCUT2D eigenvalue weighted by atomic mass is 10.1. The van der Waals surface area contributed by atoms with Gasteiger partial charge in [-0.3, -0.25) is 4.79 Å². The molecule has 0 aliphatic rings. The van der Waals surface area contributed by atoms with E-state index in [1.165, 1.54) is 0 Å². The van der Waals surface area contributed by atoms with E-state index >= 15 is 0 Å². The zero-order valence-corrected chi connectivity index (χ0v) is 12.6. The summed E-state index contributed by atoms with van der Waals surface area (Å²) >= 11 is 3.37. The van der Waals surface area contributed by atoms with Crippen LogP contribution in [0.5, 0.6) is 0 Å². The quantitative estimate of drug-likeness (QED) is 0.825. The zero-order chi connectivity index (χ0) is 14.4. The number of benzene rings is 2. The largest absolute Gasteiger partial charge is 0.395 e. The number of hydrogen-bond acceptors (Lipinski definition) is 3. The Balaban J connectivity index is 2.31. The number of rotatable bonds is 6. The molecule has 0 atom stereocenters. The molecule has 104 valence electrons. The number of aliphatic hydroxyl groups is 1. The van der Waals surface area contributed by atoms with Crippen LogP contribution in [0.15, 0.2) is 53.0 Å². The maximum absolute atomic E-state index is 11.2. The van der Waals surface area contributed by atoms with Crippen LogP contribution in [0.2, 0.25) is 0 Å². The molecule has 0 unspecified atom stereocenters. The molecule has 2 aromatic rings. The minimum Gasteiger partial charge on any atom is -0.395 e. The summed E-state index contributed by atoms with van der Waals surface area (Å²) in [5.74, 6) is 0. The van der Waals surface area contributed by atoms with Crippen LogP contribution in [-0.2, 0) is 6.54 Å². The Hall–Kier alpha value is -1.65. The van der Waals surface area contributed by atoms with Gasteiger partial charge in [-0.2, -0.15) is 0 Å². The van der Waals surface area contributed by atoms with E-state index in [0.29, 0.717) is 18.7 Å². The van der Waals surface area contributed by atoms with Crippen LogP contribution < -0.4 is 4.90 Å². The second-order valence-corrected chi connectivity index (χ2v) is 5.37. The molecule has 0 spiro atoms. The molecule has 0 heterocycles. The first-order valence-corrected chi connectivity index (χ1v) is 7.18. The van der Waals surface area contributed by atoms with Gasteiger partial charge in [-0.25, -0.2) is 0 Å². The SMILES string of the molecule is O=Cc1cc(Br)ccc1N(CCO)Cc1ccccc1. The monoisotopic (exact) mass is 333 g/mol. The van der Waals surface area contributed by atoms with Gasteiger partial charge in [0.25, 0.3) is 0 Å². The summed E-state index contributed by atoms with van der Waals surface area (Å²) in [4.78, 5) is 13.2. The summed E-state index contributed by atoms with van der Waals surface area (Å²) in [5.41, 5.74) is 2.59. The maximum atomic E-state index is 11.2. The summed E-state index contributed by atoms with van der Waals surface area (Å²) in [5, 5.41) is 9.25. The summed E-state index contributed by atoms with van der Waals surface area (Å²) in [7, 11) is 0. The molecule has 0 aromatic heterocycles. The highest BCUT2D eigenvalue weighted by Gasteiger charge is 2.11. The Morgan fingerprint density at radius 3 is 2.55 bits per heavy atom. The molecule has 0 aliphatic carbocycles. The van der Waals surface area contributed by atoms with Gasteiger partial charge < -0.3 is 10.0 Å². The minimum absolute atomic E-state index is 0.0429. The van der Waals surface area contributed by atoms with Crippen molar-refractivity contribution in [2.75, 3.05) is 18.1 Å². The number of aliphatic hydroxyl groups excluding tert-OH is 1. The second-order valence-electron chi connectivity index (χ2n) is 4.45. The molecule has 0 amide bonds. The normalized spacial score (nSPS) is 10.3. The van der Waals surface area contributed by atoms with E-state index in [4.69, 9.17) is 0 Å². The van der Waals surface area contributed by atoms with E-state index in [1.54, 1.807) is 6.07 Å². The van der Waals surface area contributed by atoms with Crippen molar-refractivity contribution < 1.29 is 9.90 Å². The summed E-state index contributed by atoms with van der Waals surface area (Å²) < 4.78 is 0.868. The number of aldehydes is 1. The van der Waals surface area contributed by atoms with Gasteiger partial charge in [-0.1, -0.05) is 46.3 Å². The molecular formula is C16H16BrNO2. The molecule has 0 radical (unpaired) electrons. The van der Waals surface area contributed by atoms with Crippen LogP contribution in [-0.4, -0.2) is 24.5 Å². The smallest absolute Gasteiger partial charge is 0.152 e. The van der Waals surface area contributed by atoms with Crippen molar-refractivity contribution in [3.05, 3.63) is 64.1 Å². The molecule has 4 heteroatoms. The first-order chi connectivity index (χ1) is 9.74. The third kappa shape index (κ3) is 3.68. The predicted molar refractivity (Wildman–Crippen MR) is 84.1 cm³/mol. The lowest BCUT2D eigenvalue weighted by Crippen LogP contribution is -2.27. The van der Waals surface area contributed by atoms with Crippen molar-refractivity contribution >= 4 is 27.9 Å². The van der Waals surface area contributed by atoms with Crippen LogP contribution in [0.4, 0.5) is 5.69 Å². The molecule has 2 rings (SSSR count). The fourth-order valence-corrected chi connectivity index (χ4v) is 2.50. The molecule has 0 aliphatic heterocycles. The number of hydrogen-bond donors (Lipinski definition) is 1. The number of carbonyl (C=O) groups is 1. The summed E-state index contributed by atoms with van der Waals surface area (Å²) in [6.07, 6.45) is 0.843. The van der Waals surface area contributed by atoms with Gasteiger partial charge in [0.1, 0.15) is 0 Å². The first-order valence-electron chi connectivity index (χ1n) is 6.39. The lowest BCUT2D eigenvalue weighted by molar-refractivity contribution is 0.112. The van der Waals surface area contributed by atoms with Crippen LogP contribution in [0.1, 0.15) is 15.9 Å². The van der Waals surface area contributed by atoms with Crippen molar-refractivity contribution in [1.29, 1.82) is 0 Å².